The molecule has 3 heteroatoms. The maximum atomic E-state index is 5.68. The summed E-state index contributed by atoms with van der Waals surface area (Å²) in [6.45, 7) is 6.71. The van der Waals surface area contributed by atoms with E-state index in [0.717, 1.165) is 12.3 Å². The van der Waals surface area contributed by atoms with Crippen LogP contribution in [-0.2, 0) is 27.1 Å². The maximum absolute atomic E-state index is 5.68. The molecule has 1 nitrogen and oxygen atoms in total. The summed E-state index contributed by atoms with van der Waals surface area (Å²) in [5.74, 6) is 1.40. The van der Waals surface area contributed by atoms with Crippen LogP contribution in [0, 0.1) is 11.8 Å². The van der Waals surface area contributed by atoms with Crippen LogP contribution in [0.15, 0.2) is 0 Å². The summed E-state index contributed by atoms with van der Waals surface area (Å²) in [6, 6.07) is 0. The first-order valence-corrected chi connectivity index (χ1v) is 4.97. The van der Waals surface area contributed by atoms with Crippen molar-refractivity contribution in [3.63, 3.8) is 0 Å². The van der Waals surface area contributed by atoms with Crippen molar-refractivity contribution in [3.05, 3.63) is 0 Å². The Morgan fingerprint density at radius 3 is 2.00 bits per heavy atom. The minimum absolute atomic E-state index is 0. The van der Waals surface area contributed by atoms with Gasteiger partial charge in [0, 0.05) is 22.4 Å². The molecule has 2 radical (unpaired) electrons. The second-order valence-electron chi connectivity index (χ2n) is 3.17. The first-order valence-electron chi connectivity index (χ1n) is 3.98. The Morgan fingerprint density at radius 2 is 1.82 bits per heavy atom. The van der Waals surface area contributed by atoms with Gasteiger partial charge in [0.25, 0.3) is 0 Å². The van der Waals surface area contributed by atoms with Crippen LogP contribution in [0.25, 0.3) is 0 Å². The molecule has 1 aliphatic rings. The van der Waals surface area contributed by atoms with Crippen molar-refractivity contribution in [2.75, 3.05) is 0 Å². The van der Waals surface area contributed by atoms with E-state index in [-0.39, 0.29) is 22.4 Å². The number of hydrogen-bond acceptors (Lipinski definition) is 1. The monoisotopic (exact) mass is 404 g/mol. The van der Waals surface area contributed by atoms with Crippen molar-refractivity contribution in [1.29, 1.82) is 0 Å². The molecule has 1 aliphatic heterocycles. The first-order chi connectivity index (χ1) is 4.66. The van der Waals surface area contributed by atoms with E-state index in [1.54, 1.807) is 0 Å². The Balaban J connectivity index is 0.000001000. The van der Waals surface area contributed by atoms with Gasteiger partial charge in [0.2, 0.25) is 0 Å². The maximum Gasteiger partial charge on any atom is 0 e. The minimum atomic E-state index is 0. The van der Waals surface area contributed by atoms with E-state index < -0.39 is 0 Å². The second kappa shape index (κ2) is 5.06. The van der Waals surface area contributed by atoms with E-state index in [1.165, 1.54) is 0 Å². The second-order valence-corrected chi connectivity index (χ2v) is 4.14. The predicted molar refractivity (Wildman–Crippen MR) is 43.0 cm³/mol. The largest absolute Gasteiger partial charge is 0 e. The third-order valence-electron chi connectivity index (χ3n) is 2.56. The fraction of sp³-hybridized carbons (Fsp3) is 1.00. The zero-order valence-corrected chi connectivity index (χ0v) is 11.0. The molecule has 0 aliphatic carbocycles. The standard InChI is InChI=1S/C8H15OSe.Au/c1-4-7-5(2)6(3)8(10)9-7;/h5-8H,4H2,1-3H3;. The van der Waals surface area contributed by atoms with Gasteiger partial charge in [-0.25, -0.2) is 0 Å². The fourth-order valence-electron chi connectivity index (χ4n) is 1.47. The first kappa shape index (κ1) is 12.2. The zero-order valence-electron chi connectivity index (χ0n) is 7.13. The van der Waals surface area contributed by atoms with Crippen LogP contribution in [0.2, 0.25) is 0 Å². The van der Waals surface area contributed by atoms with Gasteiger partial charge in [-0.1, -0.05) is 0 Å². The summed E-state index contributed by atoms with van der Waals surface area (Å²) in [6.07, 6.45) is 1.63. The summed E-state index contributed by atoms with van der Waals surface area (Å²) in [5, 5.41) is 0.347. The van der Waals surface area contributed by atoms with Crippen LogP contribution in [-0.4, -0.2) is 27.1 Å². The molecule has 1 saturated heterocycles. The molecule has 4 atom stereocenters. The average Bonchev–Trinajstić information content (AvgIpc) is 2.17. The molecule has 0 N–H and O–H groups in total. The van der Waals surface area contributed by atoms with Crippen LogP contribution < -0.4 is 0 Å². The van der Waals surface area contributed by atoms with E-state index in [1.807, 2.05) is 0 Å². The molecule has 0 bridgehead atoms. The van der Waals surface area contributed by atoms with E-state index in [0.29, 0.717) is 17.0 Å². The van der Waals surface area contributed by atoms with E-state index in [4.69, 9.17) is 4.74 Å². The molecule has 0 aromatic carbocycles. The van der Waals surface area contributed by atoms with Gasteiger partial charge >= 0.3 is 70.9 Å². The zero-order chi connectivity index (χ0) is 7.72. The Labute approximate surface area is 93.0 Å². The summed E-state index contributed by atoms with van der Waals surface area (Å²) >= 11 is 3.06. The predicted octanol–water partition coefficient (Wildman–Crippen LogP) is 1.56. The van der Waals surface area contributed by atoms with Crippen molar-refractivity contribution < 1.29 is 27.1 Å². The fourth-order valence-corrected chi connectivity index (χ4v) is 2.29. The van der Waals surface area contributed by atoms with Gasteiger partial charge in [-0.15, -0.1) is 0 Å². The van der Waals surface area contributed by atoms with Crippen molar-refractivity contribution >= 4 is 16.0 Å². The van der Waals surface area contributed by atoms with Gasteiger partial charge in [0.1, 0.15) is 0 Å². The van der Waals surface area contributed by atoms with Crippen LogP contribution in [0.1, 0.15) is 27.2 Å². The summed E-state index contributed by atoms with van der Waals surface area (Å²) in [5.41, 5.74) is 0. The molecule has 0 aromatic heterocycles. The SMILES string of the molecule is CCC1OC([Se])C(C)C1C.[Au]. The molecule has 0 spiro atoms. The third-order valence-corrected chi connectivity index (χ3v) is 3.69. The molecule has 4 unspecified atom stereocenters. The number of hydrogen-bond donors (Lipinski definition) is 0. The molecule has 1 rings (SSSR count). The molecule has 11 heavy (non-hydrogen) atoms. The molecule has 0 saturated carbocycles. The average molecular weight is 403 g/mol. The van der Waals surface area contributed by atoms with Gasteiger partial charge < -0.3 is 0 Å². The van der Waals surface area contributed by atoms with Gasteiger partial charge in [-0.2, -0.15) is 0 Å². The third kappa shape index (κ3) is 2.58. The molecule has 0 aromatic rings. The Morgan fingerprint density at radius 1 is 1.27 bits per heavy atom. The van der Waals surface area contributed by atoms with Crippen molar-refractivity contribution in [3.8, 4) is 0 Å². The summed E-state index contributed by atoms with van der Waals surface area (Å²) in [4.78, 5) is 0. The van der Waals surface area contributed by atoms with Crippen LogP contribution in [0.3, 0.4) is 0 Å². The summed E-state index contributed by atoms with van der Waals surface area (Å²) < 4.78 is 5.68. The number of ether oxygens (including phenoxy) is 1. The van der Waals surface area contributed by atoms with Crippen LogP contribution >= 0.6 is 0 Å². The van der Waals surface area contributed by atoms with Crippen molar-refractivity contribution in [2.45, 2.75) is 38.3 Å². The Bertz CT molecular complexity index is 121. The smallest absolute Gasteiger partial charge is 0 e. The topological polar surface area (TPSA) is 9.23 Å². The molecule has 70 valence electrons. The van der Waals surface area contributed by atoms with Crippen molar-refractivity contribution in [2.24, 2.45) is 11.8 Å². The summed E-state index contributed by atoms with van der Waals surface area (Å²) in [7, 11) is 0. The molecule has 0 amide bonds. The van der Waals surface area contributed by atoms with Crippen LogP contribution in [0.5, 0.6) is 0 Å². The van der Waals surface area contributed by atoms with Gasteiger partial charge in [-0.05, 0) is 0 Å². The molecule has 1 fully saturated rings. The minimum Gasteiger partial charge on any atom is 0 e. The van der Waals surface area contributed by atoms with E-state index in [2.05, 4.69) is 36.8 Å². The van der Waals surface area contributed by atoms with Gasteiger partial charge in [-0.3, -0.25) is 0 Å². The Hall–Kier alpha value is 1.22. The van der Waals surface area contributed by atoms with Crippen molar-refractivity contribution in [1.82, 2.24) is 0 Å². The quantitative estimate of drug-likeness (QED) is 0.605. The van der Waals surface area contributed by atoms with E-state index in [9.17, 15) is 0 Å². The normalized spacial score (nSPS) is 43.6. The molecular formula is C8H15AuOSe. The van der Waals surface area contributed by atoms with Gasteiger partial charge in [0.15, 0.2) is 0 Å². The number of rotatable bonds is 1. The van der Waals surface area contributed by atoms with Crippen LogP contribution in [0.4, 0.5) is 0 Å². The van der Waals surface area contributed by atoms with Gasteiger partial charge in [0.05, 0.1) is 0 Å². The molecular weight excluding hydrogens is 388 g/mol. The Kier molecular flexibility index (Phi) is 5.62. The van der Waals surface area contributed by atoms with E-state index >= 15 is 0 Å². The molecule has 1 heterocycles.